The molecule has 0 atom stereocenters. The lowest BCUT2D eigenvalue weighted by Gasteiger charge is -2.15. The molecule has 3 rings (SSSR count). The molecular formula is C24H28ClN5O2. The van der Waals surface area contributed by atoms with E-state index in [4.69, 9.17) is 16.3 Å². The molecule has 0 radical (unpaired) electrons. The summed E-state index contributed by atoms with van der Waals surface area (Å²) in [5.41, 5.74) is 3.06. The standard InChI is InChI=1S/C24H28ClN5O2/c1-4-13-30-16-19(17(3)29-30)15-26-24(27-21-11-6-7-12-22(21)32-5-2)28-23(31)18-9-8-10-20(25)14-18/h6-12,14,16H,4-5,13,15H2,1-3H3,(H2,26,27,28,31). The number of carbonyl (C=O) groups excluding carboxylic acids is 1. The molecule has 0 aliphatic carbocycles. The quantitative estimate of drug-likeness (QED) is 0.369. The van der Waals surface area contributed by atoms with Crippen LogP contribution in [0.5, 0.6) is 5.75 Å². The molecule has 1 amide bonds. The summed E-state index contributed by atoms with van der Waals surface area (Å²) in [6, 6.07) is 14.3. The zero-order valence-corrected chi connectivity index (χ0v) is 19.3. The number of nitrogens with zero attached hydrogens (tertiary/aromatic N) is 3. The smallest absolute Gasteiger partial charge is 0.258 e. The summed E-state index contributed by atoms with van der Waals surface area (Å²) < 4.78 is 7.61. The molecule has 2 aromatic carbocycles. The van der Waals surface area contributed by atoms with Gasteiger partial charge in [0.05, 0.1) is 24.5 Å². The van der Waals surface area contributed by atoms with Crippen LogP contribution in [0.25, 0.3) is 0 Å². The molecule has 1 aromatic heterocycles. The second-order valence-electron chi connectivity index (χ2n) is 7.19. The molecule has 0 unspecified atom stereocenters. The summed E-state index contributed by atoms with van der Waals surface area (Å²) in [4.78, 5) is 17.5. The molecule has 2 N–H and O–H groups in total. The van der Waals surface area contributed by atoms with E-state index in [9.17, 15) is 4.79 Å². The molecule has 7 nitrogen and oxygen atoms in total. The van der Waals surface area contributed by atoms with Gasteiger partial charge >= 0.3 is 0 Å². The summed E-state index contributed by atoms with van der Waals surface area (Å²) in [5, 5.41) is 11.1. The summed E-state index contributed by atoms with van der Waals surface area (Å²) in [6.45, 7) is 7.73. The van der Waals surface area contributed by atoms with E-state index in [2.05, 4.69) is 27.6 Å². The van der Waals surface area contributed by atoms with Crippen LogP contribution in [0.2, 0.25) is 5.02 Å². The minimum atomic E-state index is -0.314. The number of benzene rings is 2. The van der Waals surface area contributed by atoms with Crippen LogP contribution < -0.4 is 15.4 Å². The number of aromatic nitrogens is 2. The fourth-order valence-corrected chi connectivity index (χ4v) is 3.31. The number of guanidine groups is 1. The number of ether oxygens (including phenoxy) is 1. The van der Waals surface area contributed by atoms with Gasteiger partial charge in [0.2, 0.25) is 5.96 Å². The number of rotatable bonds is 8. The van der Waals surface area contributed by atoms with Crippen molar-refractivity contribution in [3.63, 3.8) is 0 Å². The van der Waals surface area contributed by atoms with Gasteiger partial charge in [-0.2, -0.15) is 5.10 Å². The van der Waals surface area contributed by atoms with Crippen LogP contribution in [0.15, 0.2) is 59.7 Å². The normalized spacial score (nSPS) is 11.3. The topological polar surface area (TPSA) is 80.5 Å². The molecule has 0 bridgehead atoms. The van der Waals surface area contributed by atoms with E-state index in [0.717, 1.165) is 24.2 Å². The summed E-state index contributed by atoms with van der Waals surface area (Å²) in [5.74, 6) is 0.669. The van der Waals surface area contributed by atoms with E-state index in [1.807, 2.05) is 49.0 Å². The highest BCUT2D eigenvalue weighted by Crippen LogP contribution is 2.23. The number of anilines is 1. The Morgan fingerprint density at radius 1 is 1.19 bits per heavy atom. The number of hydrogen-bond acceptors (Lipinski definition) is 4. The van der Waals surface area contributed by atoms with Crippen molar-refractivity contribution in [3.8, 4) is 5.75 Å². The molecule has 0 aliphatic rings. The molecule has 0 fully saturated rings. The molecule has 3 aromatic rings. The molecule has 8 heteroatoms. The predicted molar refractivity (Wildman–Crippen MR) is 129 cm³/mol. The maximum atomic E-state index is 12.8. The third kappa shape index (κ3) is 6.34. The Kier molecular flexibility index (Phi) is 8.27. The highest BCUT2D eigenvalue weighted by Gasteiger charge is 2.13. The molecule has 168 valence electrons. The van der Waals surface area contributed by atoms with Crippen LogP contribution in [-0.4, -0.2) is 28.3 Å². The van der Waals surface area contributed by atoms with Crippen molar-refractivity contribution >= 4 is 29.2 Å². The maximum Gasteiger partial charge on any atom is 0.258 e. The number of aryl methyl sites for hydroxylation is 2. The third-order valence-electron chi connectivity index (χ3n) is 4.67. The van der Waals surface area contributed by atoms with Crippen molar-refractivity contribution in [3.05, 3.63) is 76.6 Å². The lowest BCUT2D eigenvalue weighted by molar-refractivity contribution is 0.0977. The van der Waals surface area contributed by atoms with Gasteiger partial charge < -0.3 is 10.1 Å². The average Bonchev–Trinajstić information content (AvgIpc) is 3.12. The highest BCUT2D eigenvalue weighted by molar-refractivity contribution is 6.31. The van der Waals surface area contributed by atoms with Gasteiger partial charge in [-0.25, -0.2) is 4.99 Å². The molecule has 32 heavy (non-hydrogen) atoms. The van der Waals surface area contributed by atoms with E-state index in [1.165, 1.54) is 0 Å². The summed E-state index contributed by atoms with van der Waals surface area (Å²) in [7, 11) is 0. The lowest BCUT2D eigenvalue weighted by atomic mass is 10.2. The van der Waals surface area contributed by atoms with E-state index < -0.39 is 0 Å². The second kappa shape index (κ2) is 11.3. The zero-order valence-electron chi connectivity index (χ0n) is 18.6. The Labute approximate surface area is 193 Å². The molecule has 0 spiro atoms. The van der Waals surface area contributed by atoms with Crippen LogP contribution >= 0.6 is 11.6 Å². The Morgan fingerprint density at radius 2 is 2.00 bits per heavy atom. The highest BCUT2D eigenvalue weighted by atomic mass is 35.5. The molecule has 0 saturated carbocycles. The van der Waals surface area contributed by atoms with Gasteiger partial charge in [-0.15, -0.1) is 0 Å². The van der Waals surface area contributed by atoms with Crippen molar-refractivity contribution in [1.82, 2.24) is 15.1 Å². The second-order valence-corrected chi connectivity index (χ2v) is 7.62. The Balaban J connectivity index is 1.86. The van der Waals surface area contributed by atoms with Crippen LogP contribution in [0.4, 0.5) is 5.69 Å². The van der Waals surface area contributed by atoms with Gasteiger partial charge in [-0.3, -0.25) is 14.8 Å². The monoisotopic (exact) mass is 453 g/mol. The number of carbonyl (C=O) groups is 1. The molecular weight excluding hydrogens is 426 g/mol. The molecule has 0 aliphatic heterocycles. The number of amides is 1. The largest absolute Gasteiger partial charge is 0.492 e. The number of hydrogen-bond donors (Lipinski definition) is 2. The number of para-hydroxylation sites is 2. The first-order chi connectivity index (χ1) is 15.5. The van der Waals surface area contributed by atoms with Gasteiger partial charge in [-0.05, 0) is 50.6 Å². The summed E-state index contributed by atoms with van der Waals surface area (Å²) >= 11 is 6.05. The zero-order chi connectivity index (χ0) is 22.9. The van der Waals surface area contributed by atoms with Crippen molar-refractivity contribution in [2.75, 3.05) is 11.9 Å². The van der Waals surface area contributed by atoms with E-state index in [1.54, 1.807) is 24.3 Å². The van der Waals surface area contributed by atoms with Crippen molar-refractivity contribution in [2.45, 2.75) is 40.3 Å². The molecule has 0 saturated heterocycles. The van der Waals surface area contributed by atoms with Crippen LogP contribution in [0.3, 0.4) is 0 Å². The van der Waals surface area contributed by atoms with Crippen LogP contribution in [-0.2, 0) is 13.1 Å². The first-order valence-electron chi connectivity index (χ1n) is 10.6. The number of aliphatic imine (C=N–C) groups is 1. The first kappa shape index (κ1) is 23.3. The first-order valence-corrected chi connectivity index (χ1v) is 11.0. The number of nitrogens with one attached hydrogen (secondary N) is 2. The maximum absolute atomic E-state index is 12.8. The van der Waals surface area contributed by atoms with Gasteiger partial charge in [0.15, 0.2) is 0 Å². The number of halogens is 1. The summed E-state index contributed by atoms with van der Waals surface area (Å²) in [6.07, 6.45) is 2.99. The van der Waals surface area contributed by atoms with Gasteiger partial charge in [0, 0.05) is 28.9 Å². The van der Waals surface area contributed by atoms with E-state index >= 15 is 0 Å². The lowest BCUT2D eigenvalue weighted by Crippen LogP contribution is -2.36. The molecule has 1 heterocycles. The van der Waals surface area contributed by atoms with Crippen LogP contribution in [0.1, 0.15) is 41.9 Å². The van der Waals surface area contributed by atoms with Crippen molar-refractivity contribution < 1.29 is 9.53 Å². The third-order valence-corrected chi connectivity index (χ3v) is 4.90. The van der Waals surface area contributed by atoms with Crippen LogP contribution in [0, 0.1) is 6.92 Å². The van der Waals surface area contributed by atoms with E-state index in [-0.39, 0.29) is 5.91 Å². The van der Waals surface area contributed by atoms with Crippen molar-refractivity contribution in [1.29, 1.82) is 0 Å². The van der Waals surface area contributed by atoms with Gasteiger partial charge in [-0.1, -0.05) is 36.7 Å². The van der Waals surface area contributed by atoms with Gasteiger partial charge in [0.25, 0.3) is 5.91 Å². The van der Waals surface area contributed by atoms with Gasteiger partial charge in [0.1, 0.15) is 5.75 Å². The minimum absolute atomic E-state index is 0.310. The average molecular weight is 454 g/mol. The fraction of sp³-hybridized carbons (Fsp3) is 0.292. The Hall–Kier alpha value is -3.32. The minimum Gasteiger partial charge on any atom is -0.492 e. The SMILES string of the molecule is CCCn1cc(CN=C(NC(=O)c2cccc(Cl)c2)Nc2ccccc2OCC)c(C)n1. The van der Waals surface area contributed by atoms with E-state index in [0.29, 0.717) is 41.1 Å². The predicted octanol–water partition coefficient (Wildman–Crippen LogP) is 5.05. The Bertz CT molecular complexity index is 1090. The fourth-order valence-electron chi connectivity index (χ4n) is 3.12. The Morgan fingerprint density at radius 3 is 2.75 bits per heavy atom. The van der Waals surface area contributed by atoms with Crippen molar-refractivity contribution in [2.24, 2.45) is 4.99 Å².